The normalized spacial score (nSPS) is 10.8. The molecular formula is C24H17N3O5S. The molecule has 0 aliphatic carbocycles. The van der Waals surface area contributed by atoms with E-state index in [4.69, 9.17) is 13.6 Å². The molecule has 5 rings (SSSR count). The van der Waals surface area contributed by atoms with Crippen molar-refractivity contribution in [3.05, 3.63) is 84.1 Å². The first-order valence-corrected chi connectivity index (χ1v) is 10.8. The summed E-state index contributed by atoms with van der Waals surface area (Å²) in [6.07, 6.45) is 1.43. The maximum absolute atomic E-state index is 12.3. The van der Waals surface area contributed by atoms with E-state index >= 15 is 0 Å². The smallest absolute Gasteiger partial charge is 0.291 e. The summed E-state index contributed by atoms with van der Waals surface area (Å²) in [5, 5.41) is 8.68. The number of anilines is 2. The molecule has 0 fully saturated rings. The van der Waals surface area contributed by atoms with Crippen molar-refractivity contribution in [3.63, 3.8) is 0 Å². The van der Waals surface area contributed by atoms with Crippen LogP contribution in [0.5, 0.6) is 5.75 Å². The Balaban J connectivity index is 1.17. The number of carbonyl (C=O) groups is 2. The summed E-state index contributed by atoms with van der Waals surface area (Å²) in [6, 6.07) is 19.6. The number of fused-ring (bicyclic) bond motifs is 1. The van der Waals surface area contributed by atoms with Crippen molar-refractivity contribution in [3.8, 4) is 17.2 Å². The Morgan fingerprint density at radius 3 is 2.76 bits per heavy atom. The molecule has 0 spiro atoms. The molecule has 33 heavy (non-hydrogen) atoms. The van der Waals surface area contributed by atoms with E-state index in [2.05, 4.69) is 15.6 Å². The van der Waals surface area contributed by atoms with Crippen LogP contribution in [-0.4, -0.2) is 23.4 Å². The average Bonchev–Trinajstić information content (AvgIpc) is 3.58. The van der Waals surface area contributed by atoms with Crippen LogP contribution < -0.4 is 15.4 Å². The maximum Gasteiger partial charge on any atom is 0.291 e. The van der Waals surface area contributed by atoms with Gasteiger partial charge < -0.3 is 18.9 Å². The van der Waals surface area contributed by atoms with Crippen LogP contribution in [-0.2, 0) is 4.79 Å². The summed E-state index contributed by atoms with van der Waals surface area (Å²) in [7, 11) is 0. The standard InChI is InChI=1S/C24H17N3O5S/c28-22(13-31-17-7-3-6-16(12-17)25-23(29)20-9-4-10-30-20)27-24-26-18(14-33-24)21-11-15-5-1-2-8-19(15)32-21/h1-12,14H,13H2,(H,25,29)(H,26,27,28). The molecule has 0 aliphatic rings. The number of para-hydroxylation sites is 1. The molecule has 2 aromatic carbocycles. The van der Waals surface area contributed by atoms with E-state index in [1.54, 1.807) is 36.4 Å². The Morgan fingerprint density at radius 2 is 1.91 bits per heavy atom. The van der Waals surface area contributed by atoms with E-state index < -0.39 is 0 Å². The molecule has 8 nitrogen and oxygen atoms in total. The third-order valence-corrected chi connectivity index (χ3v) is 5.39. The van der Waals surface area contributed by atoms with E-state index in [1.807, 2.05) is 35.7 Å². The van der Waals surface area contributed by atoms with Crippen molar-refractivity contribution in [1.29, 1.82) is 0 Å². The minimum atomic E-state index is -0.376. The van der Waals surface area contributed by atoms with Gasteiger partial charge in [0.2, 0.25) is 0 Å². The average molecular weight is 459 g/mol. The fourth-order valence-electron chi connectivity index (χ4n) is 3.12. The Bertz CT molecular complexity index is 1390. The van der Waals surface area contributed by atoms with Gasteiger partial charge in [-0.15, -0.1) is 11.3 Å². The molecule has 0 aliphatic heterocycles. The predicted octanol–water partition coefficient (Wildman–Crippen LogP) is 5.42. The SMILES string of the molecule is O=C(COc1cccc(NC(=O)c2ccco2)c1)Nc1nc(-c2cc3ccccc3o2)cs1. The Labute approximate surface area is 191 Å². The summed E-state index contributed by atoms with van der Waals surface area (Å²) < 4.78 is 16.4. The van der Waals surface area contributed by atoms with Gasteiger partial charge in [0.05, 0.1) is 6.26 Å². The van der Waals surface area contributed by atoms with Crippen LogP contribution in [0.25, 0.3) is 22.4 Å². The molecule has 0 unspecified atom stereocenters. The highest BCUT2D eigenvalue weighted by Crippen LogP contribution is 2.30. The van der Waals surface area contributed by atoms with Gasteiger partial charge in [0.1, 0.15) is 17.0 Å². The second-order valence-corrected chi connectivity index (χ2v) is 7.84. The van der Waals surface area contributed by atoms with Crippen LogP contribution in [0.15, 0.2) is 87.2 Å². The van der Waals surface area contributed by atoms with Crippen molar-refractivity contribution in [2.24, 2.45) is 0 Å². The summed E-state index contributed by atoms with van der Waals surface area (Å²) in [5.74, 6) is 0.540. The fraction of sp³-hybridized carbons (Fsp3) is 0.0417. The quantitative estimate of drug-likeness (QED) is 0.337. The summed E-state index contributed by atoms with van der Waals surface area (Å²) >= 11 is 1.30. The lowest BCUT2D eigenvalue weighted by molar-refractivity contribution is -0.118. The Morgan fingerprint density at radius 1 is 1.00 bits per heavy atom. The number of hydrogen-bond acceptors (Lipinski definition) is 7. The number of benzene rings is 2. The number of ether oxygens (including phenoxy) is 1. The zero-order valence-electron chi connectivity index (χ0n) is 17.1. The van der Waals surface area contributed by atoms with Crippen LogP contribution >= 0.6 is 11.3 Å². The van der Waals surface area contributed by atoms with E-state index in [1.165, 1.54) is 17.6 Å². The lowest BCUT2D eigenvalue weighted by atomic mass is 10.2. The lowest BCUT2D eigenvalue weighted by Gasteiger charge is -2.08. The molecule has 0 bridgehead atoms. The van der Waals surface area contributed by atoms with E-state index in [0.717, 1.165) is 11.0 Å². The van der Waals surface area contributed by atoms with Gasteiger partial charge in [-0.25, -0.2) is 4.98 Å². The van der Waals surface area contributed by atoms with Crippen LogP contribution in [0.3, 0.4) is 0 Å². The first kappa shape index (κ1) is 20.5. The van der Waals surface area contributed by atoms with Gasteiger partial charge in [-0.05, 0) is 36.4 Å². The van der Waals surface area contributed by atoms with E-state index in [0.29, 0.717) is 28.0 Å². The number of carbonyl (C=O) groups excluding carboxylic acids is 2. The zero-order valence-corrected chi connectivity index (χ0v) is 17.9. The topological polar surface area (TPSA) is 107 Å². The van der Waals surface area contributed by atoms with E-state index in [-0.39, 0.29) is 24.2 Å². The lowest BCUT2D eigenvalue weighted by Crippen LogP contribution is -2.20. The Hall–Kier alpha value is -4.37. The third-order valence-electron chi connectivity index (χ3n) is 4.64. The number of hydrogen-bond donors (Lipinski definition) is 2. The largest absolute Gasteiger partial charge is 0.484 e. The summed E-state index contributed by atoms with van der Waals surface area (Å²) in [6.45, 7) is -0.213. The number of rotatable bonds is 7. The predicted molar refractivity (Wildman–Crippen MR) is 125 cm³/mol. The molecule has 2 amide bonds. The molecule has 3 aromatic heterocycles. The van der Waals surface area contributed by atoms with Gasteiger partial charge >= 0.3 is 0 Å². The zero-order chi connectivity index (χ0) is 22.6. The maximum atomic E-state index is 12.3. The molecule has 9 heteroatoms. The number of nitrogens with zero attached hydrogens (tertiary/aromatic N) is 1. The van der Waals surface area contributed by atoms with Crippen LogP contribution in [0, 0.1) is 0 Å². The van der Waals surface area contributed by atoms with Crippen molar-refractivity contribution in [2.45, 2.75) is 0 Å². The molecule has 2 N–H and O–H groups in total. The molecule has 0 saturated carbocycles. The van der Waals surface area contributed by atoms with Crippen molar-refractivity contribution < 1.29 is 23.2 Å². The minimum absolute atomic E-state index is 0.200. The van der Waals surface area contributed by atoms with E-state index in [9.17, 15) is 9.59 Å². The molecule has 5 aromatic rings. The molecule has 164 valence electrons. The van der Waals surface area contributed by atoms with Gasteiger partial charge in [0.15, 0.2) is 23.3 Å². The summed E-state index contributed by atoms with van der Waals surface area (Å²) in [5.41, 5.74) is 1.94. The van der Waals surface area contributed by atoms with Gasteiger partial charge in [0.25, 0.3) is 11.8 Å². The first-order valence-electron chi connectivity index (χ1n) is 9.96. The summed E-state index contributed by atoms with van der Waals surface area (Å²) in [4.78, 5) is 28.8. The first-order chi connectivity index (χ1) is 16.1. The van der Waals surface area contributed by atoms with Crippen molar-refractivity contribution >= 4 is 44.9 Å². The third kappa shape index (κ3) is 4.78. The van der Waals surface area contributed by atoms with Crippen LogP contribution in [0.1, 0.15) is 10.6 Å². The van der Waals surface area contributed by atoms with Gasteiger partial charge in [-0.2, -0.15) is 0 Å². The molecule has 0 radical (unpaired) electrons. The number of furan rings is 2. The minimum Gasteiger partial charge on any atom is -0.484 e. The van der Waals surface area contributed by atoms with Crippen molar-refractivity contribution in [2.75, 3.05) is 17.2 Å². The highest BCUT2D eigenvalue weighted by Gasteiger charge is 2.13. The van der Waals surface area contributed by atoms with Crippen LogP contribution in [0.2, 0.25) is 0 Å². The highest BCUT2D eigenvalue weighted by molar-refractivity contribution is 7.14. The number of aromatic nitrogens is 1. The van der Waals surface area contributed by atoms with Gasteiger partial charge in [0, 0.05) is 22.5 Å². The number of nitrogens with one attached hydrogen (secondary N) is 2. The van der Waals surface area contributed by atoms with Crippen LogP contribution in [0.4, 0.5) is 10.8 Å². The van der Waals surface area contributed by atoms with Gasteiger partial charge in [-0.1, -0.05) is 24.3 Å². The molecular weight excluding hydrogens is 442 g/mol. The molecule has 0 saturated heterocycles. The number of amides is 2. The molecule has 3 heterocycles. The molecule has 0 atom stereocenters. The Kier molecular flexibility index (Phi) is 5.61. The fourth-order valence-corrected chi connectivity index (χ4v) is 3.84. The highest BCUT2D eigenvalue weighted by atomic mass is 32.1. The van der Waals surface area contributed by atoms with Crippen molar-refractivity contribution in [1.82, 2.24) is 4.98 Å². The monoisotopic (exact) mass is 459 g/mol. The second-order valence-electron chi connectivity index (χ2n) is 6.98. The second kappa shape index (κ2) is 9.01. The number of thiazole rings is 1. The van der Waals surface area contributed by atoms with Gasteiger partial charge in [-0.3, -0.25) is 14.9 Å².